The van der Waals surface area contributed by atoms with Crippen LogP contribution in [0.1, 0.15) is 37.2 Å². The SMILES string of the molecule is CCC(CC)(CO)Nc1ccnc(C(=O)NC)c1. The molecule has 0 spiro atoms. The standard InChI is InChI=1S/C13H21N3O2/c1-4-13(5-2,9-17)16-10-6-7-15-11(8-10)12(18)14-3/h6-8,17H,4-5,9H2,1-3H3,(H,14,18)(H,15,16). The number of pyridine rings is 1. The van der Waals surface area contributed by atoms with E-state index in [0.29, 0.717) is 5.69 Å². The summed E-state index contributed by atoms with van der Waals surface area (Å²) in [5.41, 5.74) is 0.810. The van der Waals surface area contributed by atoms with Crippen LogP contribution in [0, 0.1) is 0 Å². The summed E-state index contributed by atoms with van der Waals surface area (Å²) in [5.74, 6) is -0.221. The number of anilines is 1. The molecule has 1 rings (SSSR count). The van der Waals surface area contributed by atoms with Gasteiger partial charge in [-0.2, -0.15) is 0 Å². The monoisotopic (exact) mass is 251 g/mol. The van der Waals surface area contributed by atoms with Crippen LogP contribution in [0.25, 0.3) is 0 Å². The van der Waals surface area contributed by atoms with Gasteiger partial charge in [-0.25, -0.2) is 0 Å². The van der Waals surface area contributed by atoms with E-state index in [0.717, 1.165) is 18.5 Å². The van der Waals surface area contributed by atoms with Crippen molar-refractivity contribution >= 4 is 11.6 Å². The van der Waals surface area contributed by atoms with Gasteiger partial charge in [0.25, 0.3) is 5.91 Å². The van der Waals surface area contributed by atoms with Crippen molar-refractivity contribution in [1.29, 1.82) is 0 Å². The van der Waals surface area contributed by atoms with Crippen LogP contribution in [-0.4, -0.2) is 35.2 Å². The molecule has 5 nitrogen and oxygen atoms in total. The first-order valence-corrected chi connectivity index (χ1v) is 6.18. The average Bonchev–Trinajstić information content (AvgIpc) is 2.44. The first-order valence-electron chi connectivity index (χ1n) is 6.18. The van der Waals surface area contributed by atoms with Crippen LogP contribution in [0.5, 0.6) is 0 Å². The van der Waals surface area contributed by atoms with Gasteiger partial charge in [-0.05, 0) is 25.0 Å². The Morgan fingerprint density at radius 3 is 2.61 bits per heavy atom. The second kappa shape index (κ2) is 6.35. The third kappa shape index (κ3) is 3.20. The van der Waals surface area contributed by atoms with Gasteiger partial charge >= 0.3 is 0 Å². The minimum absolute atomic E-state index is 0.0532. The number of amides is 1. The van der Waals surface area contributed by atoms with Gasteiger partial charge in [0.15, 0.2) is 0 Å². The Morgan fingerprint density at radius 2 is 2.11 bits per heavy atom. The first kappa shape index (κ1) is 14.4. The van der Waals surface area contributed by atoms with Crippen molar-refractivity contribution in [3.05, 3.63) is 24.0 Å². The number of nitrogens with zero attached hydrogens (tertiary/aromatic N) is 1. The molecule has 0 fully saturated rings. The molecule has 3 N–H and O–H groups in total. The summed E-state index contributed by atoms with van der Waals surface area (Å²) in [4.78, 5) is 15.5. The van der Waals surface area contributed by atoms with Crippen LogP contribution in [0.15, 0.2) is 18.3 Å². The molecule has 0 atom stereocenters. The zero-order chi connectivity index (χ0) is 13.6. The smallest absolute Gasteiger partial charge is 0.269 e. The predicted molar refractivity (Wildman–Crippen MR) is 71.6 cm³/mol. The van der Waals surface area contributed by atoms with E-state index in [2.05, 4.69) is 15.6 Å². The molecule has 100 valence electrons. The van der Waals surface area contributed by atoms with Crippen molar-refractivity contribution < 1.29 is 9.90 Å². The molecule has 0 aliphatic rings. The molecule has 1 aromatic heterocycles. The van der Waals surface area contributed by atoms with E-state index in [4.69, 9.17) is 0 Å². The highest BCUT2D eigenvalue weighted by Crippen LogP contribution is 2.21. The van der Waals surface area contributed by atoms with E-state index in [-0.39, 0.29) is 18.1 Å². The maximum absolute atomic E-state index is 11.5. The molecule has 1 amide bonds. The largest absolute Gasteiger partial charge is 0.394 e. The molecule has 0 aromatic carbocycles. The number of nitrogens with one attached hydrogen (secondary N) is 2. The van der Waals surface area contributed by atoms with E-state index in [9.17, 15) is 9.90 Å². The van der Waals surface area contributed by atoms with E-state index in [1.54, 1.807) is 25.4 Å². The van der Waals surface area contributed by atoms with E-state index in [1.165, 1.54) is 0 Å². The molecule has 0 bridgehead atoms. The van der Waals surface area contributed by atoms with Crippen molar-refractivity contribution in [1.82, 2.24) is 10.3 Å². The molecule has 0 saturated carbocycles. The topological polar surface area (TPSA) is 74.2 Å². The van der Waals surface area contributed by atoms with Crippen molar-refractivity contribution in [3.8, 4) is 0 Å². The fourth-order valence-corrected chi connectivity index (χ4v) is 1.76. The second-order valence-electron chi connectivity index (χ2n) is 4.28. The Morgan fingerprint density at radius 1 is 1.44 bits per heavy atom. The van der Waals surface area contributed by atoms with E-state index < -0.39 is 0 Å². The average molecular weight is 251 g/mol. The van der Waals surface area contributed by atoms with Crippen LogP contribution in [-0.2, 0) is 0 Å². The molecule has 1 heterocycles. The van der Waals surface area contributed by atoms with Gasteiger partial charge < -0.3 is 15.7 Å². The third-order valence-electron chi connectivity index (χ3n) is 3.29. The summed E-state index contributed by atoms with van der Waals surface area (Å²) in [6.07, 6.45) is 3.19. The highest BCUT2D eigenvalue weighted by atomic mass is 16.3. The molecule has 0 aliphatic carbocycles. The van der Waals surface area contributed by atoms with Crippen LogP contribution in [0.2, 0.25) is 0 Å². The number of rotatable bonds is 6. The van der Waals surface area contributed by atoms with Gasteiger partial charge in [-0.1, -0.05) is 13.8 Å². The normalized spacial score (nSPS) is 11.1. The molecule has 1 aromatic rings. The molecule has 0 saturated heterocycles. The minimum atomic E-state index is -0.346. The quantitative estimate of drug-likeness (QED) is 0.714. The lowest BCUT2D eigenvalue weighted by atomic mass is 9.93. The van der Waals surface area contributed by atoms with Gasteiger partial charge in [0.2, 0.25) is 0 Å². The summed E-state index contributed by atoms with van der Waals surface area (Å²) in [6, 6.07) is 3.48. The zero-order valence-electron chi connectivity index (χ0n) is 11.2. The van der Waals surface area contributed by atoms with Crippen molar-refractivity contribution in [2.45, 2.75) is 32.2 Å². The Balaban J connectivity index is 2.93. The molecule has 18 heavy (non-hydrogen) atoms. The Kier molecular flexibility index (Phi) is 5.09. The molecule has 0 unspecified atom stereocenters. The second-order valence-corrected chi connectivity index (χ2v) is 4.28. The van der Waals surface area contributed by atoms with Crippen LogP contribution < -0.4 is 10.6 Å². The first-order chi connectivity index (χ1) is 8.60. The fraction of sp³-hybridized carbons (Fsp3) is 0.538. The van der Waals surface area contributed by atoms with Gasteiger partial charge in [-0.3, -0.25) is 9.78 Å². The lowest BCUT2D eigenvalue weighted by Crippen LogP contribution is -2.40. The fourth-order valence-electron chi connectivity index (χ4n) is 1.76. The van der Waals surface area contributed by atoms with Crippen molar-refractivity contribution in [3.63, 3.8) is 0 Å². The zero-order valence-corrected chi connectivity index (χ0v) is 11.2. The Labute approximate surface area is 108 Å². The highest BCUT2D eigenvalue weighted by Gasteiger charge is 2.24. The molecule has 0 radical (unpaired) electrons. The van der Waals surface area contributed by atoms with Crippen molar-refractivity contribution in [2.75, 3.05) is 19.0 Å². The third-order valence-corrected chi connectivity index (χ3v) is 3.29. The number of carbonyl (C=O) groups excluding carboxylic acids is 1. The number of aromatic nitrogens is 1. The van der Waals surface area contributed by atoms with Gasteiger partial charge in [0, 0.05) is 18.9 Å². The maximum atomic E-state index is 11.5. The van der Waals surface area contributed by atoms with Gasteiger partial charge in [-0.15, -0.1) is 0 Å². The number of hydrogen-bond acceptors (Lipinski definition) is 4. The van der Waals surface area contributed by atoms with Crippen LogP contribution >= 0.6 is 0 Å². The van der Waals surface area contributed by atoms with Gasteiger partial charge in [0.1, 0.15) is 5.69 Å². The maximum Gasteiger partial charge on any atom is 0.269 e. The molecule has 0 aliphatic heterocycles. The number of carbonyl (C=O) groups is 1. The highest BCUT2D eigenvalue weighted by molar-refractivity contribution is 5.92. The van der Waals surface area contributed by atoms with Crippen molar-refractivity contribution in [2.24, 2.45) is 0 Å². The lowest BCUT2D eigenvalue weighted by Gasteiger charge is -2.32. The number of aliphatic hydroxyl groups is 1. The van der Waals surface area contributed by atoms with Gasteiger partial charge in [0.05, 0.1) is 12.1 Å². The summed E-state index contributed by atoms with van der Waals surface area (Å²) >= 11 is 0. The molecular weight excluding hydrogens is 230 g/mol. The number of hydrogen-bond donors (Lipinski definition) is 3. The summed E-state index contributed by atoms with van der Waals surface area (Å²) in [7, 11) is 1.57. The predicted octanol–water partition coefficient (Wildman–Crippen LogP) is 1.40. The van der Waals surface area contributed by atoms with E-state index >= 15 is 0 Å². The molecular formula is C13H21N3O2. The van der Waals surface area contributed by atoms with Crippen LogP contribution in [0.4, 0.5) is 5.69 Å². The lowest BCUT2D eigenvalue weighted by molar-refractivity contribution is 0.0958. The Hall–Kier alpha value is -1.62. The summed E-state index contributed by atoms with van der Waals surface area (Å²) in [5, 5.41) is 15.3. The Bertz CT molecular complexity index is 395. The summed E-state index contributed by atoms with van der Waals surface area (Å²) < 4.78 is 0. The minimum Gasteiger partial charge on any atom is -0.394 e. The van der Waals surface area contributed by atoms with Crippen LogP contribution in [0.3, 0.4) is 0 Å². The number of aliphatic hydroxyl groups excluding tert-OH is 1. The molecule has 5 heteroatoms. The van der Waals surface area contributed by atoms with E-state index in [1.807, 2.05) is 13.8 Å². The summed E-state index contributed by atoms with van der Waals surface area (Å²) in [6.45, 7) is 4.10.